The topological polar surface area (TPSA) is 73.8 Å². The average Bonchev–Trinajstić information content (AvgIpc) is 3.34. The van der Waals surface area contributed by atoms with E-state index < -0.39 is 0 Å². The molecule has 0 aliphatic carbocycles. The van der Waals surface area contributed by atoms with Gasteiger partial charge in [0.1, 0.15) is 10.6 Å². The predicted molar refractivity (Wildman–Crippen MR) is 113 cm³/mol. The third kappa shape index (κ3) is 3.84. The Hall–Kier alpha value is -2.52. The number of aryl methyl sites for hydroxylation is 1. The zero-order chi connectivity index (χ0) is 20.5. The number of fused-ring (bicyclic) bond motifs is 1. The summed E-state index contributed by atoms with van der Waals surface area (Å²) in [7, 11) is 1.70. The van der Waals surface area contributed by atoms with Crippen molar-refractivity contribution in [3.63, 3.8) is 0 Å². The Balaban J connectivity index is 1.68. The summed E-state index contributed by atoms with van der Waals surface area (Å²) >= 11 is 2.80. The fourth-order valence-electron chi connectivity index (χ4n) is 2.97. The summed E-state index contributed by atoms with van der Waals surface area (Å²) in [6, 6.07) is 6.12. The van der Waals surface area contributed by atoms with Crippen molar-refractivity contribution < 1.29 is 8.91 Å². The van der Waals surface area contributed by atoms with Gasteiger partial charge in [0.25, 0.3) is 5.56 Å². The summed E-state index contributed by atoms with van der Waals surface area (Å²) in [6.07, 6.45) is 1.72. The van der Waals surface area contributed by atoms with E-state index in [2.05, 4.69) is 22.0 Å². The minimum Gasteiger partial charge on any atom is -0.338 e. The third-order valence-electron chi connectivity index (χ3n) is 4.52. The van der Waals surface area contributed by atoms with Crippen LogP contribution in [0.5, 0.6) is 0 Å². The van der Waals surface area contributed by atoms with E-state index in [0.29, 0.717) is 27.1 Å². The van der Waals surface area contributed by atoms with Gasteiger partial charge >= 0.3 is 0 Å². The van der Waals surface area contributed by atoms with Gasteiger partial charge in [0.05, 0.1) is 10.6 Å². The molecule has 150 valence electrons. The molecule has 4 aromatic rings. The fourth-order valence-corrected chi connectivity index (χ4v) is 4.86. The Bertz CT molecular complexity index is 1210. The molecule has 1 atom stereocenters. The summed E-state index contributed by atoms with van der Waals surface area (Å²) in [4.78, 5) is 22.8. The molecule has 0 N–H and O–H groups in total. The van der Waals surface area contributed by atoms with Crippen molar-refractivity contribution in [2.24, 2.45) is 7.05 Å². The van der Waals surface area contributed by atoms with Crippen molar-refractivity contribution in [1.82, 2.24) is 19.7 Å². The van der Waals surface area contributed by atoms with Crippen LogP contribution in [0.3, 0.4) is 0 Å². The molecule has 0 saturated carbocycles. The summed E-state index contributed by atoms with van der Waals surface area (Å²) in [5.41, 5.74) is 1.42. The van der Waals surface area contributed by atoms with E-state index in [-0.39, 0.29) is 16.6 Å². The number of hydrogen-bond donors (Lipinski definition) is 0. The van der Waals surface area contributed by atoms with Gasteiger partial charge in [-0.3, -0.25) is 9.36 Å². The summed E-state index contributed by atoms with van der Waals surface area (Å²) in [5.74, 6) is 0.899. The summed E-state index contributed by atoms with van der Waals surface area (Å²) in [6.45, 7) is 4.01. The molecule has 0 radical (unpaired) electrons. The lowest BCUT2D eigenvalue weighted by Crippen LogP contribution is -2.20. The van der Waals surface area contributed by atoms with E-state index in [1.807, 2.05) is 12.3 Å². The van der Waals surface area contributed by atoms with E-state index in [1.54, 1.807) is 19.2 Å². The Morgan fingerprint density at radius 1 is 1.28 bits per heavy atom. The molecule has 0 aliphatic heterocycles. The molecule has 0 bridgehead atoms. The molecule has 29 heavy (non-hydrogen) atoms. The first-order chi connectivity index (χ1) is 14.0. The first-order valence-electron chi connectivity index (χ1n) is 9.21. The molecule has 0 amide bonds. The second-order valence-electron chi connectivity index (χ2n) is 6.65. The molecule has 3 heterocycles. The molecule has 9 heteroatoms. The lowest BCUT2D eigenvalue weighted by molar-refractivity contribution is 0.374. The van der Waals surface area contributed by atoms with Crippen LogP contribution in [0.1, 0.15) is 37.2 Å². The monoisotopic (exact) mass is 430 g/mol. The van der Waals surface area contributed by atoms with Crippen LogP contribution in [-0.4, -0.2) is 19.7 Å². The molecule has 3 aromatic heterocycles. The van der Waals surface area contributed by atoms with Gasteiger partial charge in [-0.2, -0.15) is 4.98 Å². The van der Waals surface area contributed by atoms with Gasteiger partial charge in [0.15, 0.2) is 11.0 Å². The van der Waals surface area contributed by atoms with Crippen LogP contribution in [0, 0.1) is 5.82 Å². The fraction of sp³-hybridized carbons (Fsp3) is 0.300. The maximum atomic E-state index is 13.2. The zero-order valence-corrected chi connectivity index (χ0v) is 17.8. The van der Waals surface area contributed by atoms with Crippen molar-refractivity contribution in [3.8, 4) is 11.1 Å². The molecule has 4 rings (SSSR count). The standard InChI is InChI=1S/C20H19FN4O2S2/c1-4-5-15-22-17(27-24-15)11(2)29-20-23-18-16(19(26)25(20)3)14(10-28-18)12-6-8-13(21)9-7-12/h6-11H,4-5H2,1-3H3/t11-/m1/s1. The molecule has 0 unspecified atom stereocenters. The van der Waals surface area contributed by atoms with Crippen molar-refractivity contribution in [2.75, 3.05) is 0 Å². The maximum Gasteiger partial charge on any atom is 0.263 e. The predicted octanol–water partition coefficient (Wildman–Crippen LogP) is 4.99. The van der Waals surface area contributed by atoms with E-state index in [0.717, 1.165) is 24.0 Å². The Kier molecular flexibility index (Phi) is 5.51. The van der Waals surface area contributed by atoms with Crippen LogP contribution in [0.4, 0.5) is 4.39 Å². The van der Waals surface area contributed by atoms with Gasteiger partial charge in [-0.05, 0) is 31.0 Å². The van der Waals surface area contributed by atoms with Crippen molar-refractivity contribution in [1.29, 1.82) is 0 Å². The smallest absolute Gasteiger partial charge is 0.263 e. The normalized spacial score (nSPS) is 12.6. The number of nitrogens with zero attached hydrogens (tertiary/aromatic N) is 4. The van der Waals surface area contributed by atoms with E-state index >= 15 is 0 Å². The van der Waals surface area contributed by atoms with Crippen LogP contribution < -0.4 is 5.56 Å². The molecule has 0 saturated heterocycles. The Morgan fingerprint density at radius 2 is 2.03 bits per heavy atom. The second kappa shape index (κ2) is 8.08. The molecular weight excluding hydrogens is 411 g/mol. The largest absolute Gasteiger partial charge is 0.338 e. The highest BCUT2D eigenvalue weighted by atomic mass is 32.2. The zero-order valence-electron chi connectivity index (χ0n) is 16.2. The highest BCUT2D eigenvalue weighted by Gasteiger charge is 2.21. The van der Waals surface area contributed by atoms with Gasteiger partial charge < -0.3 is 4.52 Å². The maximum absolute atomic E-state index is 13.2. The highest BCUT2D eigenvalue weighted by Crippen LogP contribution is 2.36. The van der Waals surface area contributed by atoms with Crippen LogP contribution >= 0.6 is 23.1 Å². The molecule has 0 aliphatic rings. The number of hydrogen-bond acceptors (Lipinski definition) is 7. The van der Waals surface area contributed by atoms with Crippen LogP contribution in [0.2, 0.25) is 0 Å². The van der Waals surface area contributed by atoms with Crippen LogP contribution in [0.15, 0.2) is 44.1 Å². The van der Waals surface area contributed by atoms with Crippen LogP contribution in [-0.2, 0) is 13.5 Å². The first-order valence-corrected chi connectivity index (χ1v) is 11.0. The Labute approximate surface area is 174 Å². The molecule has 1 aromatic carbocycles. The number of benzene rings is 1. The van der Waals surface area contributed by atoms with Gasteiger partial charge in [0, 0.05) is 24.4 Å². The summed E-state index contributed by atoms with van der Waals surface area (Å²) < 4.78 is 20.1. The molecule has 6 nitrogen and oxygen atoms in total. The van der Waals surface area contributed by atoms with Gasteiger partial charge in [-0.25, -0.2) is 9.37 Å². The number of rotatable bonds is 6. The van der Waals surface area contributed by atoms with Crippen molar-refractivity contribution >= 4 is 33.3 Å². The quantitative estimate of drug-likeness (QED) is 0.317. The van der Waals surface area contributed by atoms with Crippen molar-refractivity contribution in [2.45, 2.75) is 37.1 Å². The van der Waals surface area contributed by atoms with E-state index in [9.17, 15) is 9.18 Å². The number of halogens is 1. The lowest BCUT2D eigenvalue weighted by atomic mass is 10.1. The Morgan fingerprint density at radius 3 is 2.76 bits per heavy atom. The first kappa shape index (κ1) is 19.8. The SMILES string of the molecule is CCCc1noc([C@@H](C)Sc2nc3scc(-c4ccc(F)cc4)c3c(=O)n2C)n1. The van der Waals surface area contributed by atoms with Gasteiger partial charge in [0.2, 0.25) is 5.89 Å². The van der Waals surface area contributed by atoms with E-state index in [4.69, 9.17) is 4.52 Å². The lowest BCUT2D eigenvalue weighted by Gasteiger charge is -2.10. The van der Waals surface area contributed by atoms with Gasteiger partial charge in [-0.1, -0.05) is 36.0 Å². The average molecular weight is 431 g/mol. The number of thioether (sulfide) groups is 1. The number of aromatic nitrogens is 4. The van der Waals surface area contributed by atoms with Crippen LogP contribution in [0.25, 0.3) is 21.3 Å². The minimum absolute atomic E-state index is 0.137. The minimum atomic E-state index is -0.310. The molecule has 0 spiro atoms. The highest BCUT2D eigenvalue weighted by molar-refractivity contribution is 7.99. The van der Waals surface area contributed by atoms with Gasteiger partial charge in [-0.15, -0.1) is 11.3 Å². The second-order valence-corrected chi connectivity index (χ2v) is 8.82. The third-order valence-corrected chi connectivity index (χ3v) is 6.52. The van der Waals surface area contributed by atoms with Crippen molar-refractivity contribution in [3.05, 3.63) is 57.5 Å². The molecule has 0 fully saturated rings. The molecular formula is C20H19FN4O2S2. The number of thiophene rings is 1. The summed E-state index contributed by atoms with van der Waals surface area (Å²) in [5, 5.41) is 6.86. The van der Waals surface area contributed by atoms with E-state index in [1.165, 1.54) is 39.8 Å².